The maximum atomic E-state index is 12.8. The lowest BCUT2D eigenvalue weighted by molar-refractivity contribution is 0.0965. The van der Waals surface area contributed by atoms with Gasteiger partial charge >= 0.3 is 0 Å². The number of ketones is 1. The SMILES string of the molecule is O=C(c1ccc(Cl)cc1)C(c1ccncc1)C1SCS1. The number of aromatic nitrogens is 1. The zero-order valence-electron chi connectivity index (χ0n) is 10.5. The van der Waals surface area contributed by atoms with E-state index in [-0.39, 0.29) is 11.7 Å². The van der Waals surface area contributed by atoms with Gasteiger partial charge in [-0.05, 0) is 42.0 Å². The van der Waals surface area contributed by atoms with Crippen LogP contribution in [0.3, 0.4) is 0 Å². The molecule has 2 nitrogen and oxygen atoms in total. The zero-order valence-corrected chi connectivity index (χ0v) is 12.9. The van der Waals surface area contributed by atoms with E-state index in [1.54, 1.807) is 36.7 Å². The number of Topliss-reactive ketones (excluding diaryl/α,β-unsaturated/α-hetero) is 1. The number of rotatable bonds is 4. The summed E-state index contributed by atoms with van der Waals surface area (Å²) in [4.78, 5) is 16.8. The Labute approximate surface area is 131 Å². The topological polar surface area (TPSA) is 30.0 Å². The number of pyridine rings is 1. The molecule has 0 saturated carbocycles. The molecular formula is C15H12ClNOS2. The number of hydrogen-bond acceptors (Lipinski definition) is 4. The number of nitrogens with zero attached hydrogens (tertiary/aromatic N) is 1. The molecule has 5 heteroatoms. The van der Waals surface area contributed by atoms with Gasteiger partial charge < -0.3 is 0 Å². The van der Waals surface area contributed by atoms with Crippen LogP contribution in [0.15, 0.2) is 48.8 Å². The zero-order chi connectivity index (χ0) is 13.9. The molecular weight excluding hydrogens is 310 g/mol. The van der Waals surface area contributed by atoms with Crippen molar-refractivity contribution in [3.05, 3.63) is 64.9 Å². The minimum absolute atomic E-state index is 0.122. The predicted molar refractivity (Wildman–Crippen MR) is 86.6 cm³/mol. The van der Waals surface area contributed by atoms with Gasteiger partial charge in [-0.3, -0.25) is 9.78 Å². The summed E-state index contributed by atoms with van der Waals surface area (Å²) in [5, 5.41) is 1.70. The number of carbonyl (C=O) groups is 1. The van der Waals surface area contributed by atoms with E-state index in [1.807, 2.05) is 35.7 Å². The molecule has 1 aromatic carbocycles. The summed E-state index contributed by atoms with van der Waals surface area (Å²) < 4.78 is 0.292. The minimum atomic E-state index is -0.122. The highest BCUT2D eigenvalue weighted by molar-refractivity contribution is 8.32. The fourth-order valence-corrected chi connectivity index (χ4v) is 4.38. The van der Waals surface area contributed by atoms with Gasteiger partial charge in [-0.2, -0.15) is 0 Å². The molecule has 0 aliphatic carbocycles. The van der Waals surface area contributed by atoms with Crippen molar-refractivity contribution in [2.45, 2.75) is 10.5 Å². The fraction of sp³-hybridized carbons (Fsp3) is 0.200. The predicted octanol–water partition coefficient (Wildman–Crippen LogP) is 4.47. The van der Waals surface area contributed by atoms with Gasteiger partial charge in [0.15, 0.2) is 5.78 Å². The molecule has 102 valence electrons. The summed E-state index contributed by atoms with van der Waals surface area (Å²) in [6.45, 7) is 0. The van der Waals surface area contributed by atoms with Crippen LogP contribution in [0.1, 0.15) is 21.8 Å². The van der Waals surface area contributed by atoms with Crippen LogP contribution in [0.5, 0.6) is 0 Å². The summed E-state index contributed by atoms with van der Waals surface area (Å²) in [6, 6.07) is 11.0. The standard InChI is InChI=1S/C15H12ClNOS2/c16-12-3-1-11(2-4-12)14(18)13(15-19-9-20-15)10-5-7-17-8-6-10/h1-8,13,15H,9H2. The first-order chi connectivity index (χ1) is 9.75. The van der Waals surface area contributed by atoms with Crippen LogP contribution in [0.4, 0.5) is 0 Å². The molecule has 1 unspecified atom stereocenters. The highest BCUT2D eigenvalue weighted by Crippen LogP contribution is 2.48. The lowest BCUT2D eigenvalue weighted by Crippen LogP contribution is -2.26. The van der Waals surface area contributed by atoms with Crippen LogP contribution in [0.2, 0.25) is 5.02 Å². The Morgan fingerprint density at radius 2 is 1.80 bits per heavy atom. The van der Waals surface area contributed by atoms with Crippen LogP contribution >= 0.6 is 35.1 Å². The van der Waals surface area contributed by atoms with Crippen LogP contribution in [0, 0.1) is 0 Å². The van der Waals surface area contributed by atoms with Crippen molar-refractivity contribution in [2.75, 3.05) is 5.08 Å². The molecule has 0 N–H and O–H groups in total. The third kappa shape index (κ3) is 2.87. The minimum Gasteiger partial charge on any atom is -0.293 e. The Morgan fingerprint density at radius 1 is 1.15 bits per heavy atom. The first-order valence-corrected chi connectivity index (χ1v) is 8.66. The van der Waals surface area contributed by atoms with Gasteiger partial charge in [0.1, 0.15) is 0 Å². The molecule has 3 rings (SSSR count). The third-order valence-electron chi connectivity index (χ3n) is 3.21. The second-order valence-corrected chi connectivity index (χ2v) is 7.81. The fourth-order valence-electron chi connectivity index (χ4n) is 2.14. The Hall–Kier alpha value is -0.970. The Balaban J connectivity index is 1.93. The van der Waals surface area contributed by atoms with Gasteiger partial charge in [0.25, 0.3) is 0 Å². The van der Waals surface area contributed by atoms with E-state index in [2.05, 4.69) is 4.98 Å². The van der Waals surface area contributed by atoms with Gasteiger partial charge in [0.2, 0.25) is 0 Å². The van der Waals surface area contributed by atoms with Crippen molar-refractivity contribution in [1.29, 1.82) is 0 Å². The van der Waals surface area contributed by atoms with Crippen molar-refractivity contribution >= 4 is 40.9 Å². The van der Waals surface area contributed by atoms with E-state index < -0.39 is 0 Å². The van der Waals surface area contributed by atoms with E-state index in [9.17, 15) is 4.79 Å². The van der Waals surface area contributed by atoms with Crippen molar-refractivity contribution < 1.29 is 4.79 Å². The summed E-state index contributed by atoms with van der Waals surface area (Å²) in [5.41, 5.74) is 1.74. The van der Waals surface area contributed by atoms with E-state index in [4.69, 9.17) is 11.6 Å². The molecule has 2 aromatic rings. The van der Waals surface area contributed by atoms with Crippen molar-refractivity contribution in [2.24, 2.45) is 0 Å². The number of thioether (sulfide) groups is 2. The Morgan fingerprint density at radius 3 is 2.35 bits per heavy atom. The molecule has 1 atom stereocenters. The monoisotopic (exact) mass is 321 g/mol. The number of hydrogen-bond donors (Lipinski definition) is 0. The summed E-state index contributed by atoms with van der Waals surface area (Å²) >= 11 is 9.55. The largest absolute Gasteiger partial charge is 0.293 e. The van der Waals surface area contributed by atoms with Gasteiger partial charge in [0, 0.05) is 28.1 Å². The summed E-state index contributed by atoms with van der Waals surface area (Å²) in [5.74, 6) is 0.0282. The molecule has 1 fully saturated rings. The van der Waals surface area contributed by atoms with E-state index in [0.717, 1.165) is 10.6 Å². The maximum absolute atomic E-state index is 12.8. The molecule has 1 aliphatic heterocycles. The molecule has 1 aliphatic rings. The molecule has 0 amide bonds. The van der Waals surface area contributed by atoms with Crippen LogP contribution in [-0.2, 0) is 0 Å². The number of carbonyl (C=O) groups excluding carboxylic acids is 1. The van der Waals surface area contributed by atoms with Gasteiger partial charge in [0.05, 0.1) is 10.5 Å². The van der Waals surface area contributed by atoms with Gasteiger partial charge in [-0.15, -0.1) is 23.5 Å². The van der Waals surface area contributed by atoms with E-state index in [1.165, 1.54) is 0 Å². The molecule has 0 radical (unpaired) electrons. The van der Waals surface area contributed by atoms with Gasteiger partial charge in [-0.1, -0.05) is 11.6 Å². The average molecular weight is 322 g/mol. The highest BCUT2D eigenvalue weighted by atomic mass is 35.5. The maximum Gasteiger partial charge on any atom is 0.172 e. The molecule has 1 aromatic heterocycles. The lowest BCUT2D eigenvalue weighted by Gasteiger charge is -2.32. The van der Waals surface area contributed by atoms with Crippen molar-refractivity contribution in [1.82, 2.24) is 4.98 Å². The third-order valence-corrected chi connectivity index (χ3v) is 6.57. The molecule has 20 heavy (non-hydrogen) atoms. The van der Waals surface area contributed by atoms with Crippen LogP contribution < -0.4 is 0 Å². The quantitative estimate of drug-likeness (QED) is 0.777. The Bertz CT molecular complexity index is 599. The molecule has 2 heterocycles. The molecule has 0 bridgehead atoms. The van der Waals surface area contributed by atoms with E-state index in [0.29, 0.717) is 15.2 Å². The smallest absolute Gasteiger partial charge is 0.172 e. The second kappa shape index (κ2) is 6.20. The van der Waals surface area contributed by atoms with Crippen molar-refractivity contribution in [3.8, 4) is 0 Å². The summed E-state index contributed by atoms with van der Waals surface area (Å²) in [6.07, 6.45) is 3.48. The average Bonchev–Trinajstić information content (AvgIpc) is 2.44. The molecule has 1 saturated heterocycles. The summed E-state index contributed by atoms with van der Waals surface area (Å²) in [7, 11) is 0. The highest BCUT2D eigenvalue weighted by Gasteiger charge is 2.35. The van der Waals surface area contributed by atoms with E-state index >= 15 is 0 Å². The lowest BCUT2D eigenvalue weighted by atomic mass is 9.92. The first-order valence-electron chi connectivity index (χ1n) is 6.18. The molecule has 0 spiro atoms. The second-order valence-electron chi connectivity index (χ2n) is 4.45. The Kier molecular flexibility index (Phi) is 4.34. The number of benzene rings is 1. The van der Waals surface area contributed by atoms with Gasteiger partial charge in [-0.25, -0.2) is 0 Å². The normalized spacial score (nSPS) is 16.4. The number of halogens is 1. The first kappa shape index (κ1) is 14.0. The van der Waals surface area contributed by atoms with Crippen LogP contribution in [0.25, 0.3) is 0 Å². The van der Waals surface area contributed by atoms with Crippen LogP contribution in [-0.4, -0.2) is 20.4 Å². The van der Waals surface area contributed by atoms with Crippen molar-refractivity contribution in [3.63, 3.8) is 0 Å².